The number of nitrogen functional groups attached to an aromatic ring is 1. The van der Waals surface area contributed by atoms with Crippen LogP contribution in [0.1, 0.15) is 0 Å². The molecule has 2 aromatic rings. The topological polar surface area (TPSA) is 38.0 Å². The Bertz CT molecular complexity index is 580. The largest absolute Gasteiger partial charge is 0.396 e. The van der Waals surface area contributed by atoms with Gasteiger partial charge in [-0.2, -0.15) is 0 Å². The van der Waals surface area contributed by atoms with E-state index in [9.17, 15) is 8.78 Å². The maximum Gasteiger partial charge on any atom is 0.151 e. The molecule has 2 aromatic carbocycles. The molecule has 0 fully saturated rings. The van der Waals surface area contributed by atoms with Crippen LogP contribution < -0.4 is 11.1 Å². The van der Waals surface area contributed by atoms with E-state index in [-0.39, 0.29) is 16.4 Å². The number of benzene rings is 2. The van der Waals surface area contributed by atoms with Gasteiger partial charge in [-0.1, -0.05) is 29.3 Å². The molecule has 0 heterocycles. The van der Waals surface area contributed by atoms with Crippen molar-refractivity contribution in [2.75, 3.05) is 11.1 Å². The fourth-order valence-electron chi connectivity index (χ4n) is 1.44. The zero-order chi connectivity index (χ0) is 13.3. The minimum atomic E-state index is -0.806. The van der Waals surface area contributed by atoms with Crippen LogP contribution in [0.4, 0.5) is 25.8 Å². The first kappa shape index (κ1) is 12.9. The van der Waals surface area contributed by atoms with Crippen molar-refractivity contribution in [1.82, 2.24) is 0 Å². The molecule has 0 saturated carbocycles. The molecular formula is C12H8Cl2F2N2. The van der Waals surface area contributed by atoms with E-state index >= 15 is 0 Å². The van der Waals surface area contributed by atoms with Gasteiger partial charge in [-0.05, 0) is 18.2 Å². The molecule has 0 aliphatic heterocycles. The quantitative estimate of drug-likeness (QED) is 0.793. The Hall–Kier alpha value is -1.52. The highest BCUT2D eigenvalue weighted by molar-refractivity contribution is 6.34. The average molecular weight is 289 g/mol. The first-order chi connectivity index (χ1) is 8.49. The molecule has 0 spiro atoms. The lowest BCUT2D eigenvalue weighted by molar-refractivity contribution is 0.586. The lowest BCUT2D eigenvalue weighted by Gasteiger charge is -2.12. The summed E-state index contributed by atoms with van der Waals surface area (Å²) in [6, 6.07) is 6.60. The maximum absolute atomic E-state index is 13.6. The van der Waals surface area contributed by atoms with Crippen LogP contribution in [0, 0.1) is 11.6 Å². The predicted octanol–water partition coefficient (Wildman–Crippen LogP) is 4.60. The number of hydrogen-bond donors (Lipinski definition) is 2. The van der Waals surface area contributed by atoms with Gasteiger partial charge in [0.2, 0.25) is 0 Å². The van der Waals surface area contributed by atoms with Gasteiger partial charge in [-0.15, -0.1) is 0 Å². The van der Waals surface area contributed by atoms with E-state index in [1.54, 1.807) is 18.2 Å². The molecule has 0 aromatic heterocycles. The standard InChI is InChI=1S/C12H8Cl2F2N2/c13-7-2-1-3-10(11(7)17)18-12-8(14)4-6(15)5-9(12)16/h1-5,18H,17H2. The van der Waals surface area contributed by atoms with Gasteiger partial charge in [0.1, 0.15) is 5.82 Å². The van der Waals surface area contributed by atoms with Gasteiger partial charge in [-0.25, -0.2) is 8.78 Å². The van der Waals surface area contributed by atoms with Crippen LogP contribution in [0.2, 0.25) is 10.0 Å². The summed E-state index contributed by atoms with van der Waals surface area (Å²) in [5.74, 6) is -1.55. The second kappa shape index (κ2) is 5.00. The fraction of sp³-hybridized carbons (Fsp3) is 0. The number of nitrogens with one attached hydrogen (secondary N) is 1. The van der Waals surface area contributed by atoms with Crippen molar-refractivity contribution >= 4 is 40.3 Å². The summed E-state index contributed by atoms with van der Waals surface area (Å²) in [6.45, 7) is 0. The number of halogens is 4. The molecule has 18 heavy (non-hydrogen) atoms. The van der Waals surface area contributed by atoms with E-state index < -0.39 is 11.6 Å². The highest BCUT2D eigenvalue weighted by atomic mass is 35.5. The molecule has 6 heteroatoms. The molecule has 0 bridgehead atoms. The lowest BCUT2D eigenvalue weighted by Crippen LogP contribution is -2.00. The van der Waals surface area contributed by atoms with Crippen LogP contribution >= 0.6 is 23.2 Å². The van der Waals surface area contributed by atoms with Crippen molar-refractivity contribution in [2.45, 2.75) is 0 Å². The predicted molar refractivity (Wildman–Crippen MR) is 70.5 cm³/mol. The normalized spacial score (nSPS) is 10.4. The van der Waals surface area contributed by atoms with Gasteiger partial charge in [-0.3, -0.25) is 0 Å². The summed E-state index contributed by atoms with van der Waals surface area (Å²) in [6.07, 6.45) is 0. The number of nitrogens with two attached hydrogens (primary N) is 1. The molecule has 0 saturated heterocycles. The molecule has 0 atom stereocenters. The van der Waals surface area contributed by atoms with Crippen LogP contribution in [-0.2, 0) is 0 Å². The van der Waals surface area contributed by atoms with Gasteiger partial charge in [0.25, 0.3) is 0 Å². The Balaban J connectivity index is 2.43. The van der Waals surface area contributed by atoms with Gasteiger partial charge in [0, 0.05) is 6.07 Å². The minimum Gasteiger partial charge on any atom is -0.396 e. The SMILES string of the molecule is Nc1c(Cl)cccc1Nc1c(F)cc(F)cc1Cl. The van der Waals surface area contributed by atoms with Crippen LogP contribution in [-0.4, -0.2) is 0 Å². The van der Waals surface area contributed by atoms with Crippen molar-refractivity contribution in [3.05, 3.63) is 52.0 Å². The van der Waals surface area contributed by atoms with E-state index in [4.69, 9.17) is 28.9 Å². The number of para-hydroxylation sites is 1. The molecular weight excluding hydrogens is 281 g/mol. The van der Waals surface area contributed by atoms with Crippen molar-refractivity contribution in [2.24, 2.45) is 0 Å². The Morgan fingerprint density at radius 1 is 1.06 bits per heavy atom. The van der Waals surface area contributed by atoms with Gasteiger partial charge in [0.05, 0.1) is 27.1 Å². The third kappa shape index (κ3) is 2.49. The lowest BCUT2D eigenvalue weighted by atomic mass is 10.2. The average Bonchev–Trinajstić information content (AvgIpc) is 2.28. The number of rotatable bonds is 2. The molecule has 0 radical (unpaired) electrons. The summed E-state index contributed by atoms with van der Waals surface area (Å²) in [5, 5.41) is 2.95. The summed E-state index contributed by atoms with van der Waals surface area (Å²) >= 11 is 11.6. The van der Waals surface area contributed by atoms with Crippen LogP contribution in [0.25, 0.3) is 0 Å². The molecule has 0 amide bonds. The van der Waals surface area contributed by atoms with E-state index in [0.717, 1.165) is 12.1 Å². The second-order valence-electron chi connectivity index (χ2n) is 3.57. The smallest absolute Gasteiger partial charge is 0.151 e. The summed E-state index contributed by atoms with van der Waals surface area (Å²) < 4.78 is 26.5. The van der Waals surface area contributed by atoms with Crippen LogP contribution in [0.5, 0.6) is 0 Å². The first-order valence-corrected chi connectivity index (χ1v) is 5.70. The van der Waals surface area contributed by atoms with Crippen molar-refractivity contribution in [3.8, 4) is 0 Å². The first-order valence-electron chi connectivity index (χ1n) is 4.94. The molecule has 2 rings (SSSR count). The second-order valence-corrected chi connectivity index (χ2v) is 4.38. The third-order valence-electron chi connectivity index (χ3n) is 2.32. The summed E-state index contributed by atoms with van der Waals surface area (Å²) in [4.78, 5) is 0. The zero-order valence-electron chi connectivity index (χ0n) is 8.98. The Morgan fingerprint density at radius 3 is 2.44 bits per heavy atom. The van der Waals surface area contributed by atoms with Crippen molar-refractivity contribution in [3.63, 3.8) is 0 Å². The summed E-state index contributed by atoms with van der Waals surface area (Å²) in [5.41, 5.74) is 6.34. The molecule has 2 nitrogen and oxygen atoms in total. The highest BCUT2D eigenvalue weighted by Gasteiger charge is 2.12. The van der Waals surface area contributed by atoms with Gasteiger partial charge in [0.15, 0.2) is 5.82 Å². The Kier molecular flexibility index (Phi) is 3.59. The van der Waals surface area contributed by atoms with Crippen LogP contribution in [0.3, 0.4) is 0 Å². The number of hydrogen-bond acceptors (Lipinski definition) is 2. The van der Waals surface area contributed by atoms with E-state index in [2.05, 4.69) is 5.32 Å². The van der Waals surface area contributed by atoms with Gasteiger partial charge >= 0.3 is 0 Å². The van der Waals surface area contributed by atoms with Crippen molar-refractivity contribution in [1.29, 1.82) is 0 Å². The molecule has 0 aliphatic rings. The molecule has 3 N–H and O–H groups in total. The highest BCUT2D eigenvalue weighted by Crippen LogP contribution is 2.34. The molecule has 94 valence electrons. The third-order valence-corrected chi connectivity index (χ3v) is 2.95. The molecule has 0 aliphatic carbocycles. The van der Waals surface area contributed by atoms with Gasteiger partial charge < -0.3 is 11.1 Å². The molecule has 0 unspecified atom stereocenters. The number of anilines is 3. The van der Waals surface area contributed by atoms with Crippen LogP contribution in [0.15, 0.2) is 30.3 Å². The monoisotopic (exact) mass is 288 g/mol. The fourth-order valence-corrected chi connectivity index (χ4v) is 1.86. The van der Waals surface area contributed by atoms with E-state index in [1.807, 2.05) is 0 Å². The Morgan fingerprint density at radius 2 is 1.78 bits per heavy atom. The van der Waals surface area contributed by atoms with E-state index in [0.29, 0.717) is 10.7 Å². The Labute approximate surface area is 112 Å². The zero-order valence-corrected chi connectivity index (χ0v) is 10.5. The van der Waals surface area contributed by atoms with E-state index in [1.165, 1.54) is 0 Å². The summed E-state index contributed by atoms with van der Waals surface area (Å²) in [7, 11) is 0. The minimum absolute atomic E-state index is 0.0490. The maximum atomic E-state index is 13.6. The van der Waals surface area contributed by atoms with Crippen molar-refractivity contribution < 1.29 is 8.78 Å².